The first-order chi connectivity index (χ1) is 10.3. The molecule has 0 aromatic carbocycles. The van der Waals surface area contributed by atoms with Crippen LogP contribution in [-0.4, -0.2) is 58.5 Å². The number of nitrogens with zero attached hydrogens (tertiary/aromatic N) is 1. The lowest BCUT2D eigenvalue weighted by Gasteiger charge is -2.15. The van der Waals surface area contributed by atoms with Crippen molar-refractivity contribution >= 4 is 35.8 Å². The number of hydrogen-bond donors (Lipinski definition) is 4. The van der Waals surface area contributed by atoms with Crippen molar-refractivity contribution < 1.29 is 34.1 Å². The number of hydrogen-bond acceptors (Lipinski definition) is 9. The van der Waals surface area contributed by atoms with Crippen LogP contribution in [-0.2, 0) is 23.9 Å². The number of aliphatic carboxylic acids is 2. The number of rotatable bonds is 11. The van der Waals surface area contributed by atoms with Crippen LogP contribution in [0.4, 0.5) is 0 Å². The first kappa shape index (κ1) is 19.8. The van der Waals surface area contributed by atoms with Gasteiger partial charge in [-0.05, 0) is 6.42 Å². The Morgan fingerprint density at radius 3 is 2.41 bits per heavy atom. The fourth-order valence-corrected chi connectivity index (χ4v) is 1.57. The van der Waals surface area contributed by atoms with Gasteiger partial charge >= 0.3 is 17.9 Å². The van der Waals surface area contributed by atoms with E-state index in [0.717, 1.165) is 0 Å². The van der Waals surface area contributed by atoms with E-state index in [9.17, 15) is 24.1 Å². The minimum Gasteiger partial charge on any atom is -0.480 e. The molecule has 0 aliphatic carbocycles. The van der Waals surface area contributed by atoms with E-state index in [4.69, 9.17) is 20.7 Å². The SMILES string of the molecule is N[C@@H](CCC(=O)O[C@@H](CSN=O)C(=O)NCC(=O)O)C(=O)O. The van der Waals surface area contributed by atoms with Crippen LogP contribution in [0.2, 0.25) is 0 Å². The molecule has 22 heavy (non-hydrogen) atoms. The smallest absolute Gasteiger partial charge is 0.322 e. The molecular weight excluding hydrogens is 322 g/mol. The third-order valence-corrected chi connectivity index (χ3v) is 2.79. The number of carbonyl (C=O) groups excluding carboxylic acids is 2. The fourth-order valence-electron chi connectivity index (χ4n) is 1.15. The summed E-state index contributed by atoms with van der Waals surface area (Å²) in [4.78, 5) is 54.0. The van der Waals surface area contributed by atoms with Gasteiger partial charge in [-0.25, -0.2) is 0 Å². The van der Waals surface area contributed by atoms with Gasteiger partial charge in [-0.3, -0.25) is 19.2 Å². The molecule has 11 nitrogen and oxygen atoms in total. The van der Waals surface area contributed by atoms with Gasteiger partial charge in [-0.1, -0.05) is 0 Å². The van der Waals surface area contributed by atoms with E-state index in [1.165, 1.54) is 0 Å². The average molecular weight is 337 g/mol. The van der Waals surface area contributed by atoms with Gasteiger partial charge in [0.1, 0.15) is 12.6 Å². The topological polar surface area (TPSA) is 185 Å². The van der Waals surface area contributed by atoms with Gasteiger partial charge in [0.15, 0.2) is 6.10 Å². The van der Waals surface area contributed by atoms with Crippen molar-refractivity contribution in [2.24, 2.45) is 10.3 Å². The molecule has 0 saturated heterocycles. The highest BCUT2D eigenvalue weighted by molar-refractivity contribution is 7.97. The maximum atomic E-state index is 11.6. The maximum Gasteiger partial charge on any atom is 0.322 e. The molecule has 5 N–H and O–H groups in total. The second kappa shape index (κ2) is 10.5. The van der Waals surface area contributed by atoms with Crippen molar-refractivity contribution in [2.75, 3.05) is 12.3 Å². The van der Waals surface area contributed by atoms with Crippen LogP contribution in [0.5, 0.6) is 0 Å². The van der Waals surface area contributed by atoms with Gasteiger partial charge in [0.25, 0.3) is 5.91 Å². The Hall–Kier alpha value is -2.21. The molecule has 0 aromatic rings. The Morgan fingerprint density at radius 2 is 1.91 bits per heavy atom. The largest absolute Gasteiger partial charge is 0.480 e. The lowest BCUT2D eigenvalue weighted by Crippen LogP contribution is -2.41. The molecule has 0 aromatic heterocycles. The molecular formula is C10H15N3O8S. The van der Waals surface area contributed by atoms with E-state index in [0.29, 0.717) is 11.9 Å². The van der Waals surface area contributed by atoms with Crippen molar-refractivity contribution in [1.82, 2.24) is 5.32 Å². The summed E-state index contributed by atoms with van der Waals surface area (Å²) in [5, 5.41) is 19.0. The molecule has 0 bridgehead atoms. The number of carboxylic acid groups (broad SMARTS) is 2. The molecule has 12 heteroatoms. The molecule has 0 spiro atoms. The number of amides is 1. The first-order valence-electron chi connectivity index (χ1n) is 5.90. The Bertz CT molecular complexity index is 444. The number of esters is 1. The Kier molecular flexibility index (Phi) is 9.45. The number of nitroso groups, excluding NO2 is 1. The van der Waals surface area contributed by atoms with Gasteiger partial charge in [0.05, 0.1) is 5.75 Å². The second-order valence-corrected chi connectivity index (χ2v) is 4.68. The summed E-state index contributed by atoms with van der Waals surface area (Å²) in [6.45, 7) is -0.685. The lowest BCUT2D eigenvalue weighted by atomic mass is 10.2. The van der Waals surface area contributed by atoms with Gasteiger partial charge in [0, 0.05) is 23.0 Å². The van der Waals surface area contributed by atoms with Crippen molar-refractivity contribution in [3.05, 3.63) is 4.91 Å². The minimum atomic E-state index is -1.42. The van der Waals surface area contributed by atoms with E-state index < -0.39 is 42.5 Å². The van der Waals surface area contributed by atoms with Crippen molar-refractivity contribution in [3.63, 3.8) is 0 Å². The molecule has 0 fully saturated rings. The number of carboxylic acids is 2. The standard InChI is InChI=1S/C10H15N3O8S/c11-5(10(18)19)1-2-8(16)21-6(4-22-13-20)9(17)12-3-7(14)15/h5-6H,1-4,11H2,(H,12,17)(H,14,15)(H,18,19)/t5-,6-/m0/s1. The summed E-state index contributed by atoms with van der Waals surface area (Å²) >= 11 is 0.415. The Labute approximate surface area is 128 Å². The monoisotopic (exact) mass is 337 g/mol. The maximum absolute atomic E-state index is 11.6. The normalized spacial score (nSPS) is 12.8. The number of ether oxygens (including phenoxy) is 1. The third-order valence-electron chi connectivity index (χ3n) is 2.24. The fraction of sp³-hybridized carbons (Fsp3) is 0.600. The molecule has 0 rings (SSSR count). The summed E-state index contributed by atoms with van der Waals surface area (Å²) in [5.74, 6) is -4.70. The zero-order chi connectivity index (χ0) is 17.1. The van der Waals surface area contributed by atoms with Gasteiger partial charge in [-0.2, -0.15) is 0 Å². The number of nitrogens with one attached hydrogen (secondary N) is 1. The average Bonchev–Trinajstić information content (AvgIpc) is 2.46. The van der Waals surface area contributed by atoms with Crippen LogP contribution in [0.15, 0.2) is 4.58 Å². The molecule has 0 aliphatic heterocycles. The highest BCUT2D eigenvalue weighted by atomic mass is 32.2. The number of carbonyl (C=O) groups is 4. The van der Waals surface area contributed by atoms with Crippen LogP contribution in [0.25, 0.3) is 0 Å². The van der Waals surface area contributed by atoms with Crippen molar-refractivity contribution in [2.45, 2.75) is 25.0 Å². The Morgan fingerprint density at radius 1 is 1.27 bits per heavy atom. The van der Waals surface area contributed by atoms with E-state index >= 15 is 0 Å². The molecule has 2 atom stereocenters. The summed E-state index contributed by atoms with van der Waals surface area (Å²) < 4.78 is 7.20. The van der Waals surface area contributed by atoms with Crippen molar-refractivity contribution in [1.29, 1.82) is 0 Å². The summed E-state index contributed by atoms with van der Waals surface area (Å²) in [6, 6.07) is -1.25. The van der Waals surface area contributed by atoms with Crippen LogP contribution >= 0.6 is 11.9 Å². The molecule has 0 unspecified atom stereocenters. The highest BCUT2D eigenvalue weighted by Gasteiger charge is 2.24. The quantitative estimate of drug-likeness (QED) is 0.201. The molecule has 0 heterocycles. The summed E-state index contributed by atoms with van der Waals surface area (Å²) in [5.41, 5.74) is 5.20. The number of nitrogens with two attached hydrogens (primary N) is 1. The highest BCUT2D eigenvalue weighted by Crippen LogP contribution is 2.09. The summed E-state index contributed by atoms with van der Waals surface area (Å²) in [6.07, 6.45) is -1.97. The van der Waals surface area contributed by atoms with Crippen LogP contribution in [0, 0.1) is 4.91 Å². The predicted molar refractivity (Wildman–Crippen MR) is 73.6 cm³/mol. The molecule has 1 amide bonds. The van der Waals surface area contributed by atoms with Gasteiger partial charge < -0.3 is 26.0 Å². The Balaban J connectivity index is 4.46. The van der Waals surface area contributed by atoms with E-state index in [1.54, 1.807) is 0 Å². The van der Waals surface area contributed by atoms with Gasteiger partial charge in [-0.15, -0.1) is 4.91 Å². The third kappa shape index (κ3) is 8.86. The molecule has 124 valence electrons. The van der Waals surface area contributed by atoms with E-state index in [1.807, 2.05) is 5.32 Å². The summed E-state index contributed by atoms with van der Waals surface area (Å²) in [7, 11) is 0. The van der Waals surface area contributed by atoms with Crippen molar-refractivity contribution in [3.8, 4) is 0 Å². The van der Waals surface area contributed by atoms with Crippen LogP contribution < -0.4 is 11.1 Å². The lowest BCUT2D eigenvalue weighted by molar-refractivity contribution is -0.155. The van der Waals surface area contributed by atoms with Crippen LogP contribution in [0.1, 0.15) is 12.8 Å². The zero-order valence-corrected chi connectivity index (χ0v) is 12.1. The second-order valence-electron chi connectivity index (χ2n) is 3.94. The zero-order valence-electron chi connectivity index (χ0n) is 11.3. The molecule has 0 radical (unpaired) electrons. The minimum absolute atomic E-state index is 0.198. The van der Waals surface area contributed by atoms with E-state index in [2.05, 4.69) is 4.58 Å². The predicted octanol–water partition coefficient (Wildman–Crippen LogP) is -1.29. The van der Waals surface area contributed by atoms with E-state index in [-0.39, 0.29) is 18.6 Å². The van der Waals surface area contributed by atoms with Crippen LogP contribution in [0.3, 0.4) is 0 Å². The first-order valence-corrected chi connectivity index (χ1v) is 6.84. The molecule has 0 saturated carbocycles. The van der Waals surface area contributed by atoms with Gasteiger partial charge in [0.2, 0.25) is 0 Å². The molecule has 0 aliphatic rings.